The molecule has 0 aromatic carbocycles. The maximum Gasteiger partial charge on any atom is 0.325 e. The monoisotopic (exact) mass is 160 g/mol. The molecule has 0 saturated carbocycles. The van der Waals surface area contributed by atoms with Crippen molar-refractivity contribution in [3.63, 3.8) is 0 Å². The minimum Gasteiger partial charge on any atom is -0.480 e. The summed E-state index contributed by atoms with van der Waals surface area (Å²) in [4.78, 5) is 21.0. The molecule has 0 bridgehead atoms. The zero-order chi connectivity index (χ0) is 9.02. The van der Waals surface area contributed by atoms with E-state index in [1.165, 1.54) is 13.8 Å². The predicted molar refractivity (Wildman–Crippen MR) is 38.9 cm³/mol. The number of amides is 1. The zero-order valence-electron chi connectivity index (χ0n) is 6.50. The highest BCUT2D eigenvalue weighted by Crippen LogP contribution is 1.83. The van der Waals surface area contributed by atoms with Crippen molar-refractivity contribution in [3.8, 4) is 0 Å². The lowest BCUT2D eigenvalue weighted by Gasteiger charge is -2.10. The number of nitrogens with one attached hydrogen (secondary N) is 1. The zero-order valence-corrected chi connectivity index (χ0v) is 6.50. The third-order valence-electron chi connectivity index (χ3n) is 1.14. The molecule has 5 heteroatoms. The van der Waals surface area contributed by atoms with Gasteiger partial charge >= 0.3 is 5.97 Å². The van der Waals surface area contributed by atoms with Crippen LogP contribution >= 0.6 is 0 Å². The van der Waals surface area contributed by atoms with Gasteiger partial charge in [-0.3, -0.25) is 9.59 Å². The molecule has 0 aromatic heterocycles. The van der Waals surface area contributed by atoms with E-state index in [9.17, 15) is 9.59 Å². The summed E-state index contributed by atoms with van der Waals surface area (Å²) in [5.74, 6) is -1.53. The maximum atomic E-state index is 10.8. The minimum absolute atomic E-state index is 0.458. The number of carbonyl (C=O) groups excluding carboxylic acids is 1. The van der Waals surface area contributed by atoms with E-state index in [1.54, 1.807) is 0 Å². The first-order valence-electron chi connectivity index (χ1n) is 3.24. The summed E-state index contributed by atoms with van der Waals surface area (Å²) >= 11 is 0. The second-order valence-corrected chi connectivity index (χ2v) is 2.36. The van der Waals surface area contributed by atoms with E-state index < -0.39 is 24.0 Å². The van der Waals surface area contributed by atoms with Crippen LogP contribution in [0, 0.1) is 0 Å². The Morgan fingerprint density at radius 1 is 1.45 bits per heavy atom. The van der Waals surface area contributed by atoms with Crippen molar-refractivity contribution in [2.75, 3.05) is 0 Å². The van der Waals surface area contributed by atoms with Crippen LogP contribution in [0.2, 0.25) is 0 Å². The summed E-state index contributed by atoms with van der Waals surface area (Å²) in [7, 11) is 0. The van der Waals surface area contributed by atoms with E-state index in [1.807, 2.05) is 0 Å². The Morgan fingerprint density at radius 3 is 2.18 bits per heavy atom. The molecule has 0 radical (unpaired) electrons. The van der Waals surface area contributed by atoms with Crippen molar-refractivity contribution in [1.29, 1.82) is 0 Å². The average Bonchev–Trinajstić information content (AvgIpc) is 1.87. The Morgan fingerprint density at radius 2 is 1.91 bits per heavy atom. The molecule has 1 amide bonds. The number of carbonyl (C=O) groups is 2. The third kappa shape index (κ3) is 3.57. The van der Waals surface area contributed by atoms with Crippen LogP contribution < -0.4 is 11.1 Å². The molecular formula is C6H12N2O3. The first kappa shape index (κ1) is 9.90. The number of aliphatic carboxylic acids is 1. The topological polar surface area (TPSA) is 92.4 Å². The highest BCUT2D eigenvalue weighted by molar-refractivity contribution is 5.86. The molecule has 0 aliphatic carbocycles. The molecule has 0 unspecified atom stereocenters. The van der Waals surface area contributed by atoms with Crippen molar-refractivity contribution >= 4 is 11.9 Å². The van der Waals surface area contributed by atoms with Gasteiger partial charge < -0.3 is 16.2 Å². The van der Waals surface area contributed by atoms with E-state index in [-0.39, 0.29) is 0 Å². The Balaban J connectivity index is 3.85. The normalized spacial score (nSPS) is 15.2. The molecule has 5 nitrogen and oxygen atoms in total. The quantitative estimate of drug-likeness (QED) is 0.489. The van der Waals surface area contributed by atoms with Crippen molar-refractivity contribution in [2.24, 2.45) is 5.73 Å². The molecule has 0 heterocycles. The number of rotatable bonds is 3. The fraction of sp³-hybridized carbons (Fsp3) is 0.667. The van der Waals surface area contributed by atoms with E-state index >= 15 is 0 Å². The fourth-order valence-electron chi connectivity index (χ4n) is 0.407. The number of hydrogen-bond acceptors (Lipinski definition) is 3. The Hall–Kier alpha value is -1.10. The van der Waals surface area contributed by atoms with Gasteiger partial charge in [-0.2, -0.15) is 0 Å². The molecule has 11 heavy (non-hydrogen) atoms. The SMILES string of the molecule is C[C@H](N)C(=O)N[C@H](C)C(=O)O. The fourth-order valence-corrected chi connectivity index (χ4v) is 0.407. The largest absolute Gasteiger partial charge is 0.480 e. The van der Waals surface area contributed by atoms with Crippen LogP contribution in [0.25, 0.3) is 0 Å². The Kier molecular flexibility index (Phi) is 3.53. The summed E-state index contributed by atoms with van der Waals surface area (Å²) < 4.78 is 0. The number of carboxylic acid groups (broad SMARTS) is 1. The lowest BCUT2D eigenvalue weighted by atomic mass is 10.3. The van der Waals surface area contributed by atoms with E-state index in [0.717, 1.165) is 0 Å². The second-order valence-electron chi connectivity index (χ2n) is 2.36. The van der Waals surface area contributed by atoms with Crippen molar-refractivity contribution in [2.45, 2.75) is 25.9 Å². The van der Waals surface area contributed by atoms with E-state index in [0.29, 0.717) is 0 Å². The first-order valence-corrected chi connectivity index (χ1v) is 3.24. The molecule has 0 aromatic rings. The molecule has 0 spiro atoms. The van der Waals surface area contributed by atoms with Crippen molar-refractivity contribution in [1.82, 2.24) is 5.32 Å². The second kappa shape index (κ2) is 3.92. The molecule has 4 N–H and O–H groups in total. The molecular weight excluding hydrogens is 148 g/mol. The molecule has 0 saturated heterocycles. The Bertz CT molecular complexity index is 167. The highest BCUT2D eigenvalue weighted by Gasteiger charge is 2.15. The van der Waals surface area contributed by atoms with Gasteiger partial charge in [0.1, 0.15) is 6.04 Å². The van der Waals surface area contributed by atoms with Crippen LogP contribution in [0.3, 0.4) is 0 Å². The molecule has 0 aliphatic heterocycles. The van der Waals surface area contributed by atoms with Gasteiger partial charge in [0.2, 0.25) is 5.91 Å². The summed E-state index contributed by atoms with van der Waals surface area (Å²) in [6, 6.07) is -1.55. The van der Waals surface area contributed by atoms with Crippen LogP contribution in [0.1, 0.15) is 13.8 Å². The number of hydrogen-bond donors (Lipinski definition) is 3. The van der Waals surface area contributed by atoms with Gasteiger partial charge in [-0.05, 0) is 13.8 Å². The van der Waals surface area contributed by atoms with Gasteiger partial charge in [0, 0.05) is 0 Å². The summed E-state index contributed by atoms with van der Waals surface area (Å²) in [6.45, 7) is 2.87. The summed E-state index contributed by atoms with van der Waals surface area (Å²) in [5, 5.41) is 10.6. The van der Waals surface area contributed by atoms with Crippen molar-refractivity contribution in [3.05, 3.63) is 0 Å². The molecule has 64 valence electrons. The van der Waals surface area contributed by atoms with Crippen molar-refractivity contribution < 1.29 is 14.7 Å². The van der Waals surface area contributed by atoms with Crippen LogP contribution in [0.5, 0.6) is 0 Å². The van der Waals surface area contributed by atoms with Gasteiger partial charge in [0.05, 0.1) is 6.04 Å². The van der Waals surface area contributed by atoms with Crippen LogP contribution in [-0.4, -0.2) is 29.1 Å². The van der Waals surface area contributed by atoms with Crippen LogP contribution in [0.4, 0.5) is 0 Å². The smallest absolute Gasteiger partial charge is 0.325 e. The van der Waals surface area contributed by atoms with Gasteiger partial charge in [-0.15, -0.1) is 0 Å². The first-order chi connectivity index (χ1) is 4.95. The molecule has 0 rings (SSSR count). The Labute approximate surface area is 64.6 Å². The van der Waals surface area contributed by atoms with E-state index in [4.69, 9.17) is 10.8 Å². The average molecular weight is 160 g/mol. The predicted octanol–water partition coefficient (Wildman–Crippen LogP) is -1.08. The van der Waals surface area contributed by atoms with Gasteiger partial charge in [0.25, 0.3) is 0 Å². The summed E-state index contributed by atoms with van der Waals surface area (Å²) in [6.07, 6.45) is 0. The molecule has 0 aliphatic rings. The molecule has 2 atom stereocenters. The standard InChI is InChI=1S/C6H12N2O3/c1-3(7)5(9)8-4(2)6(10)11/h3-4H,7H2,1-2H3,(H,8,9)(H,10,11)/t3-,4+/m0/s1. The van der Waals surface area contributed by atoms with Crippen LogP contribution in [0.15, 0.2) is 0 Å². The lowest BCUT2D eigenvalue weighted by Crippen LogP contribution is -2.45. The van der Waals surface area contributed by atoms with E-state index in [2.05, 4.69) is 5.32 Å². The third-order valence-corrected chi connectivity index (χ3v) is 1.14. The molecule has 0 fully saturated rings. The highest BCUT2D eigenvalue weighted by atomic mass is 16.4. The van der Waals surface area contributed by atoms with Gasteiger partial charge in [-0.1, -0.05) is 0 Å². The minimum atomic E-state index is -1.07. The maximum absolute atomic E-state index is 10.8. The van der Waals surface area contributed by atoms with Crippen LogP contribution in [-0.2, 0) is 9.59 Å². The van der Waals surface area contributed by atoms with Gasteiger partial charge in [-0.25, -0.2) is 0 Å². The summed E-state index contributed by atoms with van der Waals surface area (Å²) in [5.41, 5.74) is 5.18. The number of carboxylic acids is 1. The lowest BCUT2D eigenvalue weighted by molar-refractivity contribution is -0.141. The number of nitrogens with two attached hydrogens (primary N) is 1. The van der Waals surface area contributed by atoms with Gasteiger partial charge in [0.15, 0.2) is 0 Å².